The lowest BCUT2D eigenvalue weighted by Crippen LogP contribution is -2.49. The topological polar surface area (TPSA) is 69.6 Å². The molecule has 5 nitrogen and oxygen atoms in total. The van der Waals surface area contributed by atoms with E-state index < -0.39 is 31.0 Å². The SMILES string of the molecule is O=C(O)C1c2ccccc2CCN1C(=O)NCC(F)F. The molecular formula is C13H14F2N2O3. The van der Waals surface area contributed by atoms with E-state index in [4.69, 9.17) is 0 Å². The molecule has 7 heteroatoms. The number of aliphatic carboxylic acids is 1. The summed E-state index contributed by atoms with van der Waals surface area (Å²) in [5.74, 6) is -1.18. The van der Waals surface area contributed by atoms with Crippen LogP contribution in [0.2, 0.25) is 0 Å². The van der Waals surface area contributed by atoms with Crippen LogP contribution in [0.1, 0.15) is 17.2 Å². The van der Waals surface area contributed by atoms with Gasteiger partial charge in [0.05, 0.1) is 6.54 Å². The third kappa shape index (κ3) is 2.87. The number of amides is 2. The Hall–Kier alpha value is -2.18. The first-order valence-electron chi connectivity index (χ1n) is 6.14. The molecule has 0 spiro atoms. The van der Waals surface area contributed by atoms with Crippen molar-refractivity contribution in [2.24, 2.45) is 0 Å². The molecule has 0 aliphatic carbocycles. The van der Waals surface area contributed by atoms with Gasteiger partial charge in [0.25, 0.3) is 6.43 Å². The van der Waals surface area contributed by atoms with Crippen LogP contribution < -0.4 is 5.32 Å². The number of nitrogens with one attached hydrogen (secondary N) is 1. The summed E-state index contributed by atoms with van der Waals surface area (Å²) in [6.07, 6.45) is -2.17. The van der Waals surface area contributed by atoms with Gasteiger partial charge in [-0.25, -0.2) is 18.4 Å². The fourth-order valence-electron chi connectivity index (χ4n) is 2.32. The van der Waals surface area contributed by atoms with E-state index in [9.17, 15) is 23.5 Å². The first-order chi connectivity index (χ1) is 9.50. The molecule has 1 aromatic carbocycles. The van der Waals surface area contributed by atoms with Gasteiger partial charge in [0.1, 0.15) is 0 Å². The molecule has 0 fully saturated rings. The Kier molecular flexibility index (Phi) is 4.16. The van der Waals surface area contributed by atoms with Gasteiger partial charge in [-0.2, -0.15) is 0 Å². The minimum Gasteiger partial charge on any atom is -0.479 e. The van der Waals surface area contributed by atoms with Crippen LogP contribution >= 0.6 is 0 Å². The number of carboxylic acids is 1. The van der Waals surface area contributed by atoms with E-state index in [2.05, 4.69) is 0 Å². The molecular weight excluding hydrogens is 270 g/mol. The minimum atomic E-state index is -2.67. The van der Waals surface area contributed by atoms with Crippen LogP contribution in [0.15, 0.2) is 24.3 Å². The molecule has 0 bridgehead atoms. The van der Waals surface area contributed by atoms with Gasteiger partial charge >= 0.3 is 12.0 Å². The van der Waals surface area contributed by atoms with Crippen LogP contribution in [-0.2, 0) is 11.2 Å². The Morgan fingerprint density at radius 1 is 1.40 bits per heavy atom. The molecule has 2 amide bonds. The Balaban J connectivity index is 2.22. The second kappa shape index (κ2) is 5.85. The van der Waals surface area contributed by atoms with Gasteiger partial charge in [-0.05, 0) is 17.5 Å². The smallest absolute Gasteiger partial charge is 0.331 e. The van der Waals surface area contributed by atoms with E-state index in [1.54, 1.807) is 24.3 Å². The fourth-order valence-corrected chi connectivity index (χ4v) is 2.32. The number of rotatable bonds is 3. The largest absolute Gasteiger partial charge is 0.479 e. The van der Waals surface area contributed by atoms with Crippen LogP contribution in [0.25, 0.3) is 0 Å². The molecule has 0 radical (unpaired) electrons. The summed E-state index contributed by atoms with van der Waals surface area (Å²) in [5.41, 5.74) is 1.39. The quantitative estimate of drug-likeness (QED) is 0.886. The predicted molar refractivity (Wildman–Crippen MR) is 66.6 cm³/mol. The van der Waals surface area contributed by atoms with Crippen LogP contribution in [0.4, 0.5) is 13.6 Å². The van der Waals surface area contributed by atoms with E-state index >= 15 is 0 Å². The monoisotopic (exact) mass is 284 g/mol. The Morgan fingerprint density at radius 3 is 2.75 bits per heavy atom. The summed E-state index contributed by atoms with van der Waals surface area (Å²) in [4.78, 5) is 24.3. The van der Waals surface area contributed by atoms with Gasteiger partial charge in [-0.15, -0.1) is 0 Å². The highest BCUT2D eigenvalue weighted by Crippen LogP contribution is 2.29. The van der Waals surface area contributed by atoms with Crippen LogP contribution in [0, 0.1) is 0 Å². The lowest BCUT2D eigenvalue weighted by molar-refractivity contribution is -0.142. The summed E-state index contributed by atoms with van der Waals surface area (Å²) in [6.45, 7) is -0.605. The average molecular weight is 284 g/mol. The van der Waals surface area contributed by atoms with E-state index in [0.29, 0.717) is 12.0 Å². The van der Waals surface area contributed by atoms with Crippen LogP contribution in [0.3, 0.4) is 0 Å². The zero-order valence-electron chi connectivity index (χ0n) is 10.6. The zero-order chi connectivity index (χ0) is 14.7. The summed E-state index contributed by atoms with van der Waals surface area (Å²) in [5, 5.41) is 11.4. The number of nitrogens with zero attached hydrogens (tertiary/aromatic N) is 1. The number of halogens is 2. The Morgan fingerprint density at radius 2 is 2.10 bits per heavy atom. The highest BCUT2D eigenvalue weighted by Gasteiger charge is 2.35. The van der Waals surface area contributed by atoms with Crippen molar-refractivity contribution < 1.29 is 23.5 Å². The van der Waals surface area contributed by atoms with E-state index in [0.717, 1.165) is 10.5 Å². The second-order valence-corrected chi connectivity index (χ2v) is 4.46. The maximum absolute atomic E-state index is 12.1. The molecule has 20 heavy (non-hydrogen) atoms. The molecule has 1 unspecified atom stereocenters. The number of carbonyl (C=O) groups excluding carboxylic acids is 1. The molecule has 1 aliphatic heterocycles. The van der Waals surface area contributed by atoms with Crippen molar-refractivity contribution in [1.82, 2.24) is 10.2 Å². The van der Waals surface area contributed by atoms with Gasteiger partial charge in [-0.3, -0.25) is 0 Å². The van der Waals surface area contributed by atoms with Gasteiger partial charge < -0.3 is 15.3 Å². The van der Waals surface area contributed by atoms with Crippen molar-refractivity contribution in [2.75, 3.05) is 13.1 Å². The van der Waals surface area contributed by atoms with E-state index in [1.807, 2.05) is 5.32 Å². The molecule has 0 saturated heterocycles. The lowest BCUT2D eigenvalue weighted by Gasteiger charge is -2.34. The molecule has 1 aromatic rings. The molecule has 0 aromatic heterocycles. The average Bonchev–Trinajstić information content (AvgIpc) is 2.43. The summed E-state index contributed by atoms with van der Waals surface area (Å²) in [6, 6.07) is 5.00. The number of carboxylic acid groups (broad SMARTS) is 1. The first-order valence-corrected chi connectivity index (χ1v) is 6.14. The van der Waals surface area contributed by atoms with E-state index in [1.165, 1.54) is 0 Å². The molecule has 2 N–H and O–H groups in total. The molecule has 1 aliphatic rings. The number of carbonyl (C=O) groups is 2. The van der Waals surface area contributed by atoms with Crippen LogP contribution in [0.5, 0.6) is 0 Å². The predicted octanol–water partition coefficient (Wildman–Crippen LogP) is 1.65. The third-order valence-electron chi connectivity index (χ3n) is 3.19. The van der Waals surface area contributed by atoms with Gasteiger partial charge in [0.2, 0.25) is 0 Å². The molecule has 108 valence electrons. The third-order valence-corrected chi connectivity index (χ3v) is 3.19. The number of alkyl halides is 2. The Labute approximate surface area is 114 Å². The molecule has 1 atom stereocenters. The zero-order valence-corrected chi connectivity index (χ0v) is 10.6. The number of fused-ring (bicyclic) bond motifs is 1. The summed E-state index contributed by atoms with van der Waals surface area (Å²) in [7, 11) is 0. The fraction of sp³-hybridized carbons (Fsp3) is 0.385. The molecule has 2 rings (SSSR count). The number of benzene rings is 1. The maximum atomic E-state index is 12.1. The number of hydrogen-bond acceptors (Lipinski definition) is 2. The van der Waals surface area contributed by atoms with Crippen molar-refractivity contribution >= 4 is 12.0 Å². The van der Waals surface area contributed by atoms with Gasteiger partial charge in [0, 0.05) is 6.54 Å². The second-order valence-electron chi connectivity index (χ2n) is 4.46. The normalized spacial score (nSPS) is 17.8. The van der Waals surface area contributed by atoms with Crippen molar-refractivity contribution in [3.63, 3.8) is 0 Å². The first kappa shape index (κ1) is 14.2. The standard InChI is InChI=1S/C13H14F2N2O3/c14-10(15)7-16-13(20)17-6-5-8-3-1-2-4-9(8)11(17)12(18)19/h1-4,10-11H,5-7H2,(H,16,20)(H,18,19). The highest BCUT2D eigenvalue weighted by molar-refractivity contribution is 5.84. The highest BCUT2D eigenvalue weighted by atomic mass is 19.3. The van der Waals surface area contributed by atoms with Crippen molar-refractivity contribution in [1.29, 1.82) is 0 Å². The Bertz CT molecular complexity index is 522. The van der Waals surface area contributed by atoms with Gasteiger partial charge in [0.15, 0.2) is 6.04 Å². The number of hydrogen-bond donors (Lipinski definition) is 2. The summed E-state index contributed by atoms with van der Waals surface area (Å²) >= 11 is 0. The van der Waals surface area contributed by atoms with Crippen molar-refractivity contribution in [2.45, 2.75) is 18.9 Å². The summed E-state index contributed by atoms with van der Waals surface area (Å²) < 4.78 is 24.2. The van der Waals surface area contributed by atoms with Crippen molar-refractivity contribution in [3.05, 3.63) is 35.4 Å². The molecule has 0 saturated carbocycles. The van der Waals surface area contributed by atoms with E-state index in [-0.39, 0.29) is 6.54 Å². The maximum Gasteiger partial charge on any atom is 0.331 e. The minimum absolute atomic E-state index is 0.184. The van der Waals surface area contributed by atoms with Crippen LogP contribution in [-0.4, -0.2) is 41.5 Å². The number of urea groups is 1. The van der Waals surface area contributed by atoms with Gasteiger partial charge in [-0.1, -0.05) is 24.3 Å². The van der Waals surface area contributed by atoms with Crippen molar-refractivity contribution in [3.8, 4) is 0 Å². The lowest BCUT2D eigenvalue weighted by atomic mass is 9.93. The molecule has 1 heterocycles.